The molecule has 2 aliphatic rings. The van der Waals surface area contributed by atoms with E-state index < -0.39 is 0 Å². The number of halogens is 1. The van der Waals surface area contributed by atoms with Crippen molar-refractivity contribution in [2.24, 2.45) is 0 Å². The fraction of sp³-hybridized carbons (Fsp3) is 0.647. The maximum Gasteiger partial charge on any atom is 0.127 e. The summed E-state index contributed by atoms with van der Waals surface area (Å²) in [6, 6.07) is 8.65. The number of rotatable bonds is 3. The van der Waals surface area contributed by atoms with E-state index in [-0.39, 0.29) is 11.9 Å². The van der Waals surface area contributed by atoms with Gasteiger partial charge in [0.15, 0.2) is 0 Å². The van der Waals surface area contributed by atoms with Crippen LogP contribution in [0.3, 0.4) is 0 Å². The Kier molecular flexibility index (Phi) is 4.08. The fourth-order valence-electron chi connectivity index (χ4n) is 3.94. The monoisotopic (exact) mass is 276 g/mol. The number of fused-ring (bicyclic) bond motifs is 1. The first-order valence-corrected chi connectivity index (χ1v) is 7.95. The first-order valence-electron chi connectivity index (χ1n) is 7.95. The van der Waals surface area contributed by atoms with Crippen molar-refractivity contribution in [2.45, 2.75) is 51.2 Å². The highest BCUT2D eigenvalue weighted by Gasteiger charge is 2.37. The Morgan fingerprint density at radius 2 is 2.10 bits per heavy atom. The van der Waals surface area contributed by atoms with Gasteiger partial charge in [0.1, 0.15) is 5.82 Å². The molecule has 0 saturated carbocycles. The summed E-state index contributed by atoms with van der Waals surface area (Å²) in [6.45, 7) is 7.91. The molecular formula is C17H25FN2. The van der Waals surface area contributed by atoms with Gasteiger partial charge in [-0.25, -0.2) is 4.39 Å². The topological polar surface area (TPSA) is 6.48 Å². The second-order valence-electron chi connectivity index (χ2n) is 6.25. The SMILES string of the molecule is CCC1CN2CCCC2CN1C(C)c1ccccc1F. The van der Waals surface area contributed by atoms with Crippen LogP contribution in [0, 0.1) is 5.82 Å². The molecule has 1 aromatic carbocycles. The molecular weight excluding hydrogens is 251 g/mol. The largest absolute Gasteiger partial charge is 0.298 e. The van der Waals surface area contributed by atoms with Crippen LogP contribution in [0.25, 0.3) is 0 Å². The second kappa shape index (κ2) is 5.82. The van der Waals surface area contributed by atoms with E-state index in [0.717, 1.165) is 25.1 Å². The van der Waals surface area contributed by atoms with Gasteiger partial charge in [-0.3, -0.25) is 9.80 Å². The van der Waals surface area contributed by atoms with Crippen LogP contribution in [0.5, 0.6) is 0 Å². The van der Waals surface area contributed by atoms with Crippen LogP contribution in [-0.2, 0) is 0 Å². The first kappa shape index (κ1) is 14.0. The third kappa shape index (κ3) is 2.49. The molecule has 2 aliphatic heterocycles. The minimum absolute atomic E-state index is 0.0660. The van der Waals surface area contributed by atoms with E-state index in [0.29, 0.717) is 12.1 Å². The maximum absolute atomic E-state index is 14.1. The molecule has 3 heteroatoms. The Morgan fingerprint density at radius 3 is 2.85 bits per heavy atom. The molecule has 1 aromatic rings. The van der Waals surface area contributed by atoms with Gasteiger partial charge in [-0.1, -0.05) is 25.1 Å². The maximum atomic E-state index is 14.1. The number of nitrogens with zero attached hydrogens (tertiary/aromatic N) is 2. The molecule has 2 heterocycles. The number of hydrogen-bond donors (Lipinski definition) is 0. The minimum Gasteiger partial charge on any atom is -0.298 e. The zero-order valence-electron chi connectivity index (χ0n) is 12.6. The standard InChI is InChI=1S/C17H25FN2/c1-3-14-11-19-10-6-7-15(19)12-20(14)13(2)16-8-4-5-9-17(16)18/h4-5,8-9,13-15H,3,6-7,10-12H2,1-2H3. The molecule has 2 saturated heterocycles. The van der Waals surface area contributed by atoms with E-state index in [1.165, 1.54) is 19.4 Å². The fourth-order valence-corrected chi connectivity index (χ4v) is 3.94. The smallest absolute Gasteiger partial charge is 0.127 e. The van der Waals surface area contributed by atoms with E-state index in [4.69, 9.17) is 0 Å². The lowest BCUT2D eigenvalue weighted by molar-refractivity contribution is 0.0218. The highest BCUT2D eigenvalue weighted by atomic mass is 19.1. The van der Waals surface area contributed by atoms with Gasteiger partial charge in [0.05, 0.1) is 0 Å². The molecule has 3 rings (SSSR count). The molecule has 2 fully saturated rings. The summed E-state index contributed by atoms with van der Waals surface area (Å²) in [5, 5.41) is 0. The van der Waals surface area contributed by atoms with Gasteiger partial charge in [0.2, 0.25) is 0 Å². The molecule has 0 aromatic heterocycles. The van der Waals surface area contributed by atoms with Crippen molar-refractivity contribution < 1.29 is 4.39 Å². The lowest BCUT2D eigenvalue weighted by atomic mass is 9.98. The predicted molar refractivity (Wildman–Crippen MR) is 80.2 cm³/mol. The van der Waals surface area contributed by atoms with E-state index in [1.54, 1.807) is 12.1 Å². The van der Waals surface area contributed by atoms with Crippen LogP contribution in [-0.4, -0.2) is 41.5 Å². The summed E-state index contributed by atoms with van der Waals surface area (Å²) in [5.74, 6) is -0.0660. The lowest BCUT2D eigenvalue weighted by Gasteiger charge is -2.46. The third-order valence-corrected chi connectivity index (χ3v) is 5.16. The van der Waals surface area contributed by atoms with Crippen LogP contribution in [0.15, 0.2) is 24.3 Å². The van der Waals surface area contributed by atoms with Gasteiger partial charge < -0.3 is 0 Å². The Hall–Kier alpha value is -0.930. The Balaban J connectivity index is 1.82. The molecule has 3 atom stereocenters. The third-order valence-electron chi connectivity index (χ3n) is 5.16. The minimum atomic E-state index is -0.0660. The van der Waals surface area contributed by atoms with Gasteiger partial charge in [-0.05, 0) is 38.8 Å². The zero-order chi connectivity index (χ0) is 14.1. The summed E-state index contributed by atoms with van der Waals surface area (Å²) in [6.07, 6.45) is 3.77. The predicted octanol–water partition coefficient (Wildman–Crippen LogP) is 3.45. The molecule has 0 radical (unpaired) electrons. The molecule has 2 nitrogen and oxygen atoms in total. The van der Waals surface area contributed by atoms with Gasteiger partial charge in [0, 0.05) is 36.8 Å². The molecule has 0 aliphatic carbocycles. The van der Waals surface area contributed by atoms with Crippen LogP contribution < -0.4 is 0 Å². The molecule has 3 unspecified atom stereocenters. The van der Waals surface area contributed by atoms with Crippen LogP contribution in [0.4, 0.5) is 4.39 Å². The number of piperazine rings is 1. The molecule has 0 bridgehead atoms. The highest BCUT2D eigenvalue weighted by Crippen LogP contribution is 2.32. The van der Waals surface area contributed by atoms with Gasteiger partial charge in [-0.2, -0.15) is 0 Å². The molecule has 0 amide bonds. The number of hydrogen-bond acceptors (Lipinski definition) is 2. The zero-order valence-corrected chi connectivity index (χ0v) is 12.6. The van der Waals surface area contributed by atoms with Crippen molar-refractivity contribution in [3.8, 4) is 0 Å². The second-order valence-corrected chi connectivity index (χ2v) is 6.25. The van der Waals surface area contributed by atoms with Crippen molar-refractivity contribution in [3.05, 3.63) is 35.6 Å². The van der Waals surface area contributed by atoms with E-state index >= 15 is 0 Å². The van der Waals surface area contributed by atoms with Crippen molar-refractivity contribution in [1.29, 1.82) is 0 Å². The summed E-state index contributed by atoms with van der Waals surface area (Å²) in [5.41, 5.74) is 0.845. The van der Waals surface area contributed by atoms with E-state index in [2.05, 4.69) is 23.6 Å². The Labute approximate surface area is 121 Å². The van der Waals surface area contributed by atoms with Gasteiger partial charge in [0.25, 0.3) is 0 Å². The average Bonchev–Trinajstić information content (AvgIpc) is 2.92. The highest BCUT2D eigenvalue weighted by molar-refractivity contribution is 5.21. The normalized spacial score (nSPS) is 29.4. The van der Waals surface area contributed by atoms with Crippen LogP contribution in [0.2, 0.25) is 0 Å². The quantitative estimate of drug-likeness (QED) is 0.834. The van der Waals surface area contributed by atoms with E-state index in [9.17, 15) is 4.39 Å². The van der Waals surface area contributed by atoms with Crippen molar-refractivity contribution >= 4 is 0 Å². The van der Waals surface area contributed by atoms with Crippen molar-refractivity contribution in [3.63, 3.8) is 0 Å². The number of benzene rings is 1. The molecule has 110 valence electrons. The van der Waals surface area contributed by atoms with Crippen LogP contribution >= 0.6 is 0 Å². The van der Waals surface area contributed by atoms with Crippen molar-refractivity contribution in [1.82, 2.24) is 9.80 Å². The lowest BCUT2D eigenvalue weighted by Crippen LogP contribution is -2.56. The molecule has 0 spiro atoms. The van der Waals surface area contributed by atoms with Gasteiger partial charge >= 0.3 is 0 Å². The Morgan fingerprint density at radius 1 is 1.30 bits per heavy atom. The van der Waals surface area contributed by atoms with Crippen LogP contribution in [0.1, 0.15) is 44.7 Å². The molecule has 20 heavy (non-hydrogen) atoms. The summed E-state index contributed by atoms with van der Waals surface area (Å²) >= 11 is 0. The first-order chi connectivity index (χ1) is 9.70. The van der Waals surface area contributed by atoms with E-state index in [1.807, 2.05) is 12.1 Å². The summed E-state index contributed by atoms with van der Waals surface area (Å²) < 4.78 is 14.1. The van der Waals surface area contributed by atoms with Gasteiger partial charge in [-0.15, -0.1) is 0 Å². The Bertz CT molecular complexity index is 462. The summed E-state index contributed by atoms with van der Waals surface area (Å²) in [7, 11) is 0. The van der Waals surface area contributed by atoms with Crippen molar-refractivity contribution in [2.75, 3.05) is 19.6 Å². The summed E-state index contributed by atoms with van der Waals surface area (Å²) in [4.78, 5) is 5.17. The molecule has 0 N–H and O–H groups in total. The average molecular weight is 276 g/mol.